The molecule has 4 aromatic rings. The Morgan fingerprint density at radius 2 is 1.25 bits per heavy atom. The van der Waals surface area contributed by atoms with E-state index in [0.29, 0.717) is 42.3 Å². The summed E-state index contributed by atoms with van der Waals surface area (Å²) in [4.78, 5) is 55.2. The summed E-state index contributed by atoms with van der Waals surface area (Å²) in [5.74, 6) is -0.899. The topological polar surface area (TPSA) is 151 Å². The number of carbonyl (C=O) groups is 4. The van der Waals surface area contributed by atoms with Crippen LogP contribution in [0.4, 0.5) is 9.59 Å². The monoisotopic (exact) mass is 827 g/mol. The Hall–Kier alpha value is -5.79. The van der Waals surface area contributed by atoms with E-state index in [9.17, 15) is 19.2 Å². The average molecular weight is 828 g/mol. The Morgan fingerprint density at radius 1 is 0.712 bits per heavy atom. The Kier molecular flexibility index (Phi) is 14.0. The van der Waals surface area contributed by atoms with Gasteiger partial charge < -0.3 is 39.1 Å². The van der Waals surface area contributed by atoms with Gasteiger partial charge in [0.1, 0.15) is 25.3 Å². The molecule has 0 saturated carbocycles. The summed E-state index contributed by atoms with van der Waals surface area (Å²) in [5, 5.41) is 5.77. The second-order valence-electron chi connectivity index (χ2n) is 15.2. The summed E-state index contributed by atoms with van der Waals surface area (Å²) in [7, 11) is 2.98. The van der Waals surface area contributed by atoms with Crippen molar-refractivity contribution in [2.45, 2.75) is 78.4 Å². The molecule has 2 aliphatic heterocycles. The zero-order chi connectivity index (χ0) is 42.2. The van der Waals surface area contributed by atoms with Crippen LogP contribution in [0.2, 0.25) is 5.02 Å². The molecule has 4 aromatic carbocycles. The number of fused-ring (bicyclic) bond motifs is 4. The van der Waals surface area contributed by atoms with Crippen LogP contribution in [0.25, 0.3) is 0 Å². The van der Waals surface area contributed by atoms with E-state index in [4.69, 9.17) is 40.0 Å². The largest absolute Gasteiger partial charge is 0.493 e. The zero-order valence-electron chi connectivity index (χ0n) is 34.0. The van der Waals surface area contributed by atoms with E-state index in [2.05, 4.69) is 15.5 Å². The van der Waals surface area contributed by atoms with Crippen molar-refractivity contribution >= 4 is 35.7 Å². The van der Waals surface area contributed by atoms with Gasteiger partial charge in [0.2, 0.25) is 0 Å². The maximum atomic E-state index is 13.8. The molecule has 6 rings (SSSR count). The van der Waals surface area contributed by atoms with E-state index < -0.39 is 36.2 Å². The van der Waals surface area contributed by atoms with E-state index in [1.807, 2.05) is 72.8 Å². The minimum Gasteiger partial charge on any atom is -0.493 e. The minimum atomic E-state index is -1.02. The van der Waals surface area contributed by atoms with Gasteiger partial charge >= 0.3 is 24.1 Å². The SMILES string of the molecule is COc1cc2c(cc1OC(=O)C(NC(=O)OCc1ccccc1)C(C)C)C1Cc3c(Cl)cc(OC)c(OC(=O)C(NC(=O)OCc4ccccc4)C(C)C)c3CN1CC2. The number of carbonyl (C=O) groups excluding carboxylic acids is 4. The van der Waals surface area contributed by atoms with Gasteiger partial charge in [0, 0.05) is 35.8 Å². The molecular formula is C45H50ClN3O10. The predicted molar refractivity (Wildman–Crippen MR) is 220 cm³/mol. The Labute approximate surface area is 349 Å². The molecule has 0 aromatic heterocycles. The number of benzene rings is 4. The van der Waals surface area contributed by atoms with E-state index in [1.54, 1.807) is 33.8 Å². The number of rotatable bonds is 14. The summed E-state index contributed by atoms with van der Waals surface area (Å²) < 4.78 is 34.2. The number of nitrogens with one attached hydrogen (secondary N) is 2. The van der Waals surface area contributed by atoms with Gasteiger partial charge in [-0.25, -0.2) is 19.2 Å². The quantitative estimate of drug-likeness (QED) is 0.0950. The molecule has 2 heterocycles. The fourth-order valence-electron chi connectivity index (χ4n) is 7.29. The van der Waals surface area contributed by atoms with Gasteiger partial charge in [-0.2, -0.15) is 0 Å². The number of ether oxygens (including phenoxy) is 6. The molecule has 0 fully saturated rings. The fourth-order valence-corrected chi connectivity index (χ4v) is 7.58. The van der Waals surface area contributed by atoms with Crippen molar-refractivity contribution in [3.05, 3.63) is 117 Å². The van der Waals surface area contributed by atoms with Crippen molar-refractivity contribution < 1.29 is 47.6 Å². The van der Waals surface area contributed by atoms with Crippen LogP contribution in [0.1, 0.15) is 67.1 Å². The van der Waals surface area contributed by atoms with Gasteiger partial charge in [-0.3, -0.25) is 4.90 Å². The van der Waals surface area contributed by atoms with Crippen molar-refractivity contribution in [1.29, 1.82) is 0 Å². The first-order chi connectivity index (χ1) is 28.4. The highest BCUT2D eigenvalue weighted by Crippen LogP contribution is 2.48. The number of halogens is 1. The first-order valence-corrected chi connectivity index (χ1v) is 19.9. The van der Waals surface area contributed by atoms with Crippen LogP contribution < -0.4 is 29.6 Å². The smallest absolute Gasteiger partial charge is 0.408 e. The lowest BCUT2D eigenvalue weighted by molar-refractivity contribution is -0.138. The number of methoxy groups -OCH3 is 2. The van der Waals surface area contributed by atoms with Crippen molar-refractivity contribution in [2.24, 2.45) is 11.8 Å². The van der Waals surface area contributed by atoms with Gasteiger partial charge in [0.15, 0.2) is 23.0 Å². The van der Waals surface area contributed by atoms with Crippen LogP contribution in [0.5, 0.6) is 23.0 Å². The molecular weight excluding hydrogens is 778 g/mol. The van der Waals surface area contributed by atoms with Gasteiger partial charge in [-0.1, -0.05) is 100.0 Å². The highest BCUT2D eigenvalue weighted by molar-refractivity contribution is 6.31. The van der Waals surface area contributed by atoms with Crippen LogP contribution >= 0.6 is 11.6 Å². The summed E-state index contributed by atoms with van der Waals surface area (Å²) >= 11 is 6.92. The van der Waals surface area contributed by atoms with Gasteiger partial charge in [-0.15, -0.1) is 0 Å². The Morgan fingerprint density at radius 3 is 1.78 bits per heavy atom. The van der Waals surface area contributed by atoms with E-state index in [0.717, 1.165) is 27.8 Å². The molecule has 312 valence electrons. The molecule has 3 unspecified atom stereocenters. The van der Waals surface area contributed by atoms with Gasteiger partial charge in [-0.05, 0) is 64.6 Å². The molecule has 3 atom stereocenters. The number of hydrogen-bond donors (Lipinski definition) is 2. The maximum absolute atomic E-state index is 13.8. The molecule has 2 amide bonds. The number of nitrogens with zero attached hydrogens (tertiary/aromatic N) is 1. The van der Waals surface area contributed by atoms with Gasteiger partial charge in [0.05, 0.1) is 14.2 Å². The number of alkyl carbamates (subject to hydrolysis) is 2. The highest BCUT2D eigenvalue weighted by Gasteiger charge is 2.38. The molecule has 0 spiro atoms. The average Bonchev–Trinajstić information content (AvgIpc) is 3.23. The molecule has 0 radical (unpaired) electrons. The Balaban J connectivity index is 1.20. The third kappa shape index (κ3) is 10.3. The molecule has 2 aliphatic rings. The Bertz CT molecular complexity index is 2150. The van der Waals surface area contributed by atoms with E-state index in [-0.39, 0.29) is 48.3 Å². The molecule has 0 saturated heterocycles. The summed E-state index contributed by atoms with van der Waals surface area (Å²) in [6, 6.07) is 21.6. The number of amides is 2. The molecule has 0 bridgehead atoms. The van der Waals surface area contributed by atoms with Crippen molar-refractivity contribution in [1.82, 2.24) is 15.5 Å². The van der Waals surface area contributed by atoms with Crippen LogP contribution in [0.3, 0.4) is 0 Å². The third-order valence-corrected chi connectivity index (χ3v) is 10.8. The van der Waals surface area contributed by atoms with Crippen molar-refractivity contribution in [3.63, 3.8) is 0 Å². The molecule has 59 heavy (non-hydrogen) atoms. The van der Waals surface area contributed by atoms with Crippen LogP contribution in [-0.2, 0) is 51.7 Å². The molecule has 14 heteroatoms. The summed E-state index contributed by atoms with van der Waals surface area (Å²) in [5.41, 5.74) is 5.04. The lowest BCUT2D eigenvalue weighted by atomic mass is 9.83. The van der Waals surface area contributed by atoms with Crippen molar-refractivity contribution in [3.8, 4) is 23.0 Å². The predicted octanol–water partition coefficient (Wildman–Crippen LogP) is 7.73. The van der Waals surface area contributed by atoms with Crippen LogP contribution in [-0.4, -0.2) is 61.9 Å². The molecule has 2 N–H and O–H groups in total. The number of hydrogen-bond acceptors (Lipinski definition) is 11. The van der Waals surface area contributed by atoms with Gasteiger partial charge in [0.25, 0.3) is 0 Å². The first-order valence-electron chi connectivity index (χ1n) is 19.6. The standard InChI is InChI=1S/C45H50ClN3O10/c1-26(2)39(47-44(52)56-24-28-13-9-7-10-14-28)42(50)58-37-21-31-30(19-36(37)54-5)17-18-49-23-33-32(20-35(31)49)34(46)22-38(55-6)41(33)59-43(51)40(27(3)4)48-45(53)57-25-29-15-11-8-12-16-29/h7-16,19,21-22,26-27,35,39-40H,17-18,20,23-25H2,1-6H3,(H,47,52)(H,48,53). The van der Waals surface area contributed by atoms with E-state index in [1.165, 1.54) is 14.2 Å². The third-order valence-electron chi connectivity index (χ3n) is 10.5. The maximum Gasteiger partial charge on any atom is 0.408 e. The van der Waals surface area contributed by atoms with Crippen LogP contribution in [0, 0.1) is 11.8 Å². The minimum absolute atomic E-state index is 0.0452. The number of esters is 2. The second kappa shape index (κ2) is 19.3. The first kappa shape index (κ1) is 42.8. The van der Waals surface area contributed by atoms with Crippen molar-refractivity contribution in [2.75, 3.05) is 20.8 Å². The summed E-state index contributed by atoms with van der Waals surface area (Å²) in [6.45, 7) is 8.33. The zero-order valence-corrected chi connectivity index (χ0v) is 34.8. The normalized spacial score (nSPS) is 15.4. The lowest BCUT2D eigenvalue weighted by Gasteiger charge is -2.42. The second-order valence-corrected chi connectivity index (χ2v) is 15.6. The molecule has 0 aliphatic carbocycles. The molecule has 13 nitrogen and oxygen atoms in total. The lowest BCUT2D eigenvalue weighted by Crippen LogP contribution is -2.47. The van der Waals surface area contributed by atoms with Crippen LogP contribution in [0.15, 0.2) is 78.9 Å². The van der Waals surface area contributed by atoms with E-state index >= 15 is 0 Å². The fraction of sp³-hybridized carbons (Fsp3) is 0.378. The highest BCUT2D eigenvalue weighted by atomic mass is 35.5. The summed E-state index contributed by atoms with van der Waals surface area (Å²) in [6.07, 6.45) is -0.388.